The summed E-state index contributed by atoms with van der Waals surface area (Å²) in [4.78, 5) is 18.4. The molecule has 10 aromatic rings. The Labute approximate surface area is 689 Å². The second kappa shape index (κ2) is 48.1. The first-order valence-corrected chi connectivity index (χ1v) is 46.4. The highest BCUT2D eigenvalue weighted by Crippen LogP contribution is 2.33. The van der Waals surface area contributed by atoms with Crippen molar-refractivity contribution in [2.24, 2.45) is 11.5 Å². The Hall–Kier alpha value is -7.44. The number of nitrogens with zero attached hydrogens (tertiary/aromatic N) is 7. The van der Waals surface area contributed by atoms with Crippen molar-refractivity contribution in [3.63, 3.8) is 0 Å². The summed E-state index contributed by atoms with van der Waals surface area (Å²) in [5.74, 6) is -3.21. The second-order valence-electron chi connectivity index (χ2n) is 26.4. The number of nitrogens with one attached hydrogen (secondary N) is 5. The number of benzene rings is 5. The van der Waals surface area contributed by atoms with Gasteiger partial charge in [-0.2, -0.15) is 8.61 Å². The molecule has 43 heteroatoms. The maximum atomic E-state index is 14.2. The number of sulfone groups is 1. The van der Waals surface area contributed by atoms with Gasteiger partial charge in [-0.3, -0.25) is 24.9 Å². The van der Waals surface area contributed by atoms with Crippen molar-refractivity contribution in [1.82, 2.24) is 58.9 Å². The molecule has 0 radical (unpaired) electrons. The van der Waals surface area contributed by atoms with Crippen LogP contribution in [0.2, 0.25) is 0 Å². The molecule has 0 bridgehead atoms. The van der Waals surface area contributed by atoms with E-state index < -0.39 is 94.1 Å². The van der Waals surface area contributed by atoms with Crippen LogP contribution >= 0.6 is 23.1 Å². The van der Waals surface area contributed by atoms with Crippen LogP contribution in [0.1, 0.15) is 60.3 Å². The van der Waals surface area contributed by atoms with Crippen molar-refractivity contribution in [2.45, 2.75) is 115 Å². The first kappa shape index (κ1) is 102. The van der Waals surface area contributed by atoms with Crippen LogP contribution in [0.3, 0.4) is 0 Å². The van der Waals surface area contributed by atoms with Crippen molar-refractivity contribution in [3.05, 3.63) is 182 Å². The maximum absolute atomic E-state index is 14.2. The average Bonchev–Trinajstić information content (AvgIpc) is 1.31. The Kier molecular flexibility index (Phi) is 41.9. The summed E-state index contributed by atoms with van der Waals surface area (Å²) in [5.41, 5.74) is 10.0. The predicted molar refractivity (Wildman–Crippen MR) is 444 cm³/mol. The number of pyridine rings is 5. The van der Waals surface area contributed by atoms with Crippen molar-refractivity contribution in [2.75, 3.05) is 97.8 Å². The molecule has 5 aromatic heterocycles. The molecule has 2 aliphatic rings. The van der Waals surface area contributed by atoms with Gasteiger partial charge in [0.05, 0.1) is 74.9 Å². The van der Waals surface area contributed by atoms with Gasteiger partial charge in [0.25, 0.3) is 0 Å². The van der Waals surface area contributed by atoms with E-state index in [2.05, 4.69) is 61.0 Å². The lowest BCUT2D eigenvalue weighted by Crippen LogP contribution is -2.41. The summed E-state index contributed by atoms with van der Waals surface area (Å²) in [7, 11) is -17.4. The summed E-state index contributed by atoms with van der Waals surface area (Å²) < 4.78 is 220. The minimum absolute atomic E-state index is 0. The molecule has 2 saturated heterocycles. The number of sulfonamides is 4. The van der Waals surface area contributed by atoms with E-state index in [0.717, 1.165) is 75.8 Å². The summed E-state index contributed by atoms with van der Waals surface area (Å²) in [6, 6.07) is 21.6. The van der Waals surface area contributed by atoms with Crippen LogP contribution in [0, 0.1) is 29.1 Å². The van der Waals surface area contributed by atoms with Crippen molar-refractivity contribution >= 4 is 136 Å². The molecule has 0 saturated carbocycles. The molecule has 7 heterocycles. The molecule has 0 aliphatic carbocycles. The van der Waals surface area contributed by atoms with Crippen LogP contribution in [0.25, 0.3) is 53.9 Å². The van der Waals surface area contributed by atoms with Gasteiger partial charge in [-0.15, -0.1) is 12.4 Å². The number of aliphatic hydroxyl groups is 4. The van der Waals surface area contributed by atoms with E-state index in [1.54, 1.807) is 68.4 Å². The molecule has 117 heavy (non-hydrogen) atoms. The van der Waals surface area contributed by atoms with Crippen LogP contribution in [-0.4, -0.2) is 233 Å². The first-order chi connectivity index (χ1) is 54.6. The molecule has 12 rings (SSSR count). The highest BCUT2D eigenvalue weighted by Gasteiger charge is 2.34. The lowest BCUT2D eigenvalue weighted by molar-refractivity contribution is 0.265. The maximum Gasteiger partial charge on any atom is 0.244 e. The summed E-state index contributed by atoms with van der Waals surface area (Å²) in [5, 5.41) is 45.7. The molecule has 5 atom stereocenters. The van der Waals surface area contributed by atoms with Crippen molar-refractivity contribution in [1.29, 1.82) is 0 Å². The van der Waals surface area contributed by atoms with E-state index in [4.69, 9.17) is 31.9 Å². The van der Waals surface area contributed by atoms with Gasteiger partial charge in [0.2, 0.25) is 49.1 Å². The van der Waals surface area contributed by atoms with Crippen LogP contribution < -0.4 is 36.9 Å². The first-order valence-electron chi connectivity index (χ1n) is 35.9. The SMILES string of the molecule is CS(=O)(=O)Cl.CS(=O)(=O)c1cccc2cncc(F)c12.C[C@@H](CNCCCO)NS(=O)(=O)c1cccc2cncc(F)c12.C[C@@H](CO)NS(=O)(=O)c1cccc2cncc(F)c12.C[C@H](N)CO.C[C@H]1CNCCCN1S(=O)(=O)c1cccc2cncc(F)c12.C[C@H]1CNCCCN1S(=O)(=O)c1cccc2cncc(F)c12.Cl.NCCCO. The molecule has 0 amide bonds. The third kappa shape index (κ3) is 30.6. The fourth-order valence-electron chi connectivity index (χ4n) is 11.3. The quantitative estimate of drug-likeness (QED) is 0.0218. The van der Waals surface area contributed by atoms with Crippen LogP contribution in [-0.2, 0) is 59.0 Å². The van der Waals surface area contributed by atoms with Gasteiger partial charge in [0, 0.05) is 178 Å². The number of hydrogen-bond acceptors (Lipinski definition) is 26. The number of fused-ring (bicyclic) bond motifs is 5. The zero-order valence-electron chi connectivity index (χ0n) is 64.9. The van der Waals surface area contributed by atoms with E-state index in [9.17, 15) is 72.5 Å². The Morgan fingerprint density at radius 2 is 0.769 bits per heavy atom. The normalized spacial score (nSPS) is 15.7. The molecular weight excluding hydrogens is 1700 g/mol. The van der Waals surface area contributed by atoms with Crippen LogP contribution in [0.4, 0.5) is 22.0 Å². The molecule has 5 aromatic carbocycles. The average molecular weight is 1800 g/mol. The molecule has 0 spiro atoms. The number of aromatic nitrogens is 5. The highest BCUT2D eigenvalue weighted by atomic mass is 35.7. The molecule has 2 fully saturated rings. The van der Waals surface area contributed by atoms with Gasteiger partial charge in [0.15, 0.2) is 38.9 Å². The molecule has 0 unspecified atom stereocenters. The number of nitrogens with two attached hydrogens (primary N) is 2. The zero-order valence-corrected chi connectivity index (χ0v) is 71.4. The van der Waals surface area contributed by atoms with E-state index in [-0.39, 0.29) is 114 Å². The predicted octanol–water partition coefficient (Wildman–Crippen LogP) is 6.58. The van der Waals surface area contributed by atoms with Gasteiger partial charge in [0.1, 0.15) is 0 Å². The highest BCUT2D eigenvalue weighted by molar-refractivity contribution is 8.13. The zero-order chi connectivity index (χ0) is 86.4. The minimum atomic E-state index is -3.90. The second-order valence-corrected chi connectivity index (χ2v) is 38.5. The minimum Gasteiger partial charge on any atom is -0.396 e. The molecule has 646 valence electrons. The number of halogens is 7. The summed E-state index contributed by atoms with van der Waals surface area (Å²) in [6.07, 6.45) is 17.1. The van der Waals surface area contributed by atoms with Gasteiger partial charge in [-0.05, 0) is 117 Å². The van der Waals surface area contributed by atoms with Gasteiger partial charge in [-0.1, -0.05) is 60.7 Å². The Morgan fingerprint density at radius 3 is 1.05 bits per heavy atom. The molecule has 2 aliphatic heterocycles. The van der Waals surface area contributed by atoms with Crippen LogP contribution in [0.15, 0.2) is 177 Å². The largest absolute Gasteiger partial charge is 0.396 e. The third-order valence-corrected chi connectivity index (χ3v) is 25.1. The lowest BCUT2D eigenvalue weighted by Gasteiger charge is -2.26. The van der Waals surface area contributed by atoms with Crippen molar-refractivity contribution in [3.8, 4) is 0 Å². The molecule has 13 N–H and O–H groups in total. The molecule has 30 nitrogen and oxygen atoms in total. The summed E-state index contributed by atoms with van der Waals surface area (Å²) >= 11 is 0. The van der Waals surface area contributed by atoms with Crippen molar-refractivity contribution < 1.29 is 92.9 Å². The summed E-state index contributed by atoms with van der Waals surface area (Å²) in [6.45, 7) is 13.9. The fraction of sp³-hybridized carbons (Fsp3) is 0.392. The number of aliphatic hydroxyl groups excluding tert-OH is 4. The number of rotatable bonds is 20. The van der Waals surface area contributed by atoms with E-state index in [1.807, 2.05) is 13.8 Å². The third-order valence-electron chi connectivity index (χ3n) is 16.6. The van der Waals surface area contributed by atoms with Gasteiger partial charge in [-0.25, -0.2) is 81.9 Å². The van der Waals surface area contributed by atoms with E-state index in [0.29, 0.717) is 79.2 Å². The Morgan fingerprint density at radius 1 is 0.479 bits per heavy atom. The van der Waals surface area contributed by atoms with E-state index >= 15 is 0 Å². The Bertz CT molecular complexity index is 5440. The molecular formula is C74H99Cl2F5N14O16S6. The van der Waals surface area contributed by atoms with Crippen LogP contribution in [0.5, 0.6) is 0 Å². The number of hydrogen-bond donors (Lipinski definition) is 11. The van der Waals surface area contributed by atoms with E-state index in [1.165, 1.54) is 82.9 Å². The van der Waals surface area contributed by atoms with Gasteiger partial charge < -0.3 is 47.8 Å². The Balaban J connectivity index is 0.000000295. The van der Waals surface area contributed by atoms with Gasteiger partial charge >= 0.3 is 0 Å². The lowest BCUT2D eigenvalue weighted by atomic mass is 10.2. The standard InChI is InChI=1S/C15H20FN3O3S.2C15H18FN3O2S.C12H13FN2O3S.C10H8FNO2S.2C3H9NO.CH3ClO2S.ClH/c1-11(8-17-6-3-7-20)19-23(21,22)14-5-2-4-12-9-18-10-13(16)15(12)14;2*1-11-8-17-6-3-7-19(11)22(20,21)14-5-2-4-12-9-18-10-13(16)15(12)14;1-8(7-16)15-19(17,18)11-4-2-3-9-5-14-6-10(13)12(9)11;1-15(13,14)9-4-2-3-7-5-12-6-8(11)10(7)9;1-3(4)2-5;4-2-1-3-5;1-5(2,3)4;/h2,4-5,9-11,17,19-20H,3,6-8H2,1H3;2*2,4-5,9-11,17H,3,6-8H2,1H3;2-6,8,15-16H,7H2,1H3;2-6H,1H3;3,5H,2,4H2,1H3;5H,1-4H2;1H3;1H/t3*11-;8-;;3-;;;/m0000.0.../s1. The fourth-order valence-corrected chi connectivity index (χ4v) is 18.9. The smallest absolute Gasteiger partial charge is 0.244 e. The topological polar surface area (TPSA) is 469 Å². The monoisotopic (exact) mass is 1800 g/mol.